The zero-order valence-corrected chi connectivity index (χ0v) is 13.3. The van der Waals surface area contributed by atoms with Crippen LogP contribution in [0.15, 0.2) is 85.6 Å². The molecule has 3 aromatic rings. The third kappa shape index (κ3) is 3.63. The monoisotopic (exact) mass is 317 g/mol. The van der Waals surface area contributed by atoms with Crippen LogP contribution in [0.3, 0.4) is 0 Å². The van der Waals surface area contributed by atoms with Gasteiger partial charge in [-0.2, -0.15) is 0 Å². The van der Waals surface area contributed by atoms with E-state index in [2.05, 4.69) is 11.6 Å². The third-order valence-electron chi connectivity index (χ3n) is 3.79. The summed E-state index contributed by atoms with van der Waals surface area (Å²) in [7, 11) is 0. The maximum Gasteiger partial charge on any atom is 0.119 e. The second-order valence-corrected chi connectivity index (χ2v) is 5.45. The second kappa shape index (κ2) is 7.47. The number of phenols is 1. The minimum Gasteiger partial charge on any atom is -0.508 e. The molecule has 1 unspecified atom stereocenters. The number of benzene rings is 2. The maximum atomic E-state index is 9.56. The molecule has 0 aliphatic carbocycles. The normalized spacial score (nSPS) is 11.7. The molecular formula is C21H19NO2. The van der Waals surface area contributed by atoms with E-state index >= 15 is 0 Å². The summed E-state index contributed by atoms with van der Waals surface area (Å²) >= 11 is 0. The average Bonchev–Trinajstić information content (AvgIpc) is 2.64. The predicted molar refractivity (Wildman–Crippen MR) is 95.4 cm³/mol. The molecule has 0 fully saturated rings. The van der Waals surface area contributed by atoms with Crippen molar-refractivity contribution in [2.45, 2.75) is 5.92 Å². The van der Waals surface area contributed by atoms with Crippen molar-refractivity contribution in [3.63, 3.8) is 0 Å². The third-order valence-corrected chi connectivity index (χ3v) is 3.79. The molecule has 0 aliphatic rings. The summed E-state index contributed by atoms with van der Waals surface area (Å²) in [6.07, 6.45) is 3.52. The quantitative estimate of drug-likeness (QED) is 0.679. The Labute approximate surface area is 141 Å². The fourth-order valence-electron chi connectivity index (χ4n) is 2.66. The topological polar surface area (TPSA) is 42.4 Å². The molecular weight excluding hydrogens is 298 g/mol. The first-order valence-corrected chi connectivity index (χ1v) is 7.81. The molecule has 0 aliphatic heterocycles. The summed E-state index contributed by atoms with van der Waals surface area (Å²) in [6.45, 7) is 4.14. The Bertz CT molecular complexity index is 780. The molecule has 2 aromatic carbocycles. The van der Waals surface area contributed by atoms with E-state index in [1.54, 1.807) is 24.4 Å². The summed E-state index contributed by atoms with van der Waals surface area (Å²) < 4.78 is 5.55. The fourth-order valence-corrected chi connectivity index (χ4v) is 2.66. The largest absolute Gasteiger partial charge is 0.508 e. The van der Waals surface area contributed by atoms with E-state index in [0.717, 1.165) is 22.6 Å². The highest BCUT2D eigenvalue weighted by Crippen LogP contribution is 2.32. The van der Waals surface area contributed by atoms with Crippen LogP contribution >= 0.6 is 0 Å². The zero-order valence-electron chi connectivity index (χ0n) is 13.3. The molecule has 0 bridgehead atoms. The van der Waals surface area contributed by atoms with Gasteiger partial charge in [0.15, 0.2) is 0 Å². The number of rotatable bonds is 6. The van der Waals surface area contributed by atoms with Crippen LogP contribution in [0.4, 0.5) is 0 Å². The van der Waals surface area contributed by atoms with Crippen LogP contribution in [-0.2, 0) is 0 Å². The van der Waals surface area contributed by atoms with Crippen molar-refractivity contribution < 1.29 is 9.84 Å². The van der Waals surface area contributed by atoms with Crippen molar-refractivity contribution in [1.82, 2.24) is 4.98 Å². The van der Waals surface area contributed by atoms with E-state index in [1.165, 1.54) is 0 Å². The fraction of sp³-hybridized carbons (Fsp3) is 0.0952. The SMILES string of the molecule is C=CCOc1ccc(C(c2ccc(O)cc2)c2ccccn2)cc1. The Morgan fingerprint density at radius 1 is 0.958 bits per heavy atom. The molecule has 1 aromatic heterocycles. The minimum absolute atomic E-state index is 0.000235. The maximum absolute atomic E-state index is 9.56. The highest BCUT2D eigenvalue weighted by Gasteiger charge is 2.18. The zero-order chi connectivity index (χ0) is 16.8. The molecule has 1 N–H and O–H groups in total. The van der Waals surface area contributed by atoms with Gasteiger partial charge in [-0.1, -0.05) is 43.0 Å². The summed E-state index contributed by atoms with van der Waals surface area (Å²) in [5.74, 6) is 1.07. The number of aromatic hydroxyl groups is 1. The minimum atomic E-state index is 0.000235. The van der Waals surface area contributed by atoms with Crippen LogP contribution in [0, 0.1) is 0 Å². The lowest BCUT2D eigenvalue weighted by atomic mass is 9.88. The van der Waals surface area contributed by atoms with E-state index in [1.807, 2.05) is 54.6 Å². The van der Waals surface area contributed by atoms with Gasteiger partial charge in [0, 0.05) is 6.20 Å². The van der Waals surface area contributed by atoms with E-state index in [-0.39, 0.29) is 11.7 Å². The molecule has 0 spiro atoms. The van der Waals surface area contributed by atoms with Crippen LogP contribution in [0.5, 0.6) is 11.5 Å². The first-order valence-electron chi connectivity index (χ1n) is 7.81. The molecule has 120 valence electrons. The Kier molecular flexibility index (Phi) is 4.92. The number of hydrogen-bond acceptors (Lipinski definition) is 3. The molecule has 0 radical (unpaired) electrons. The molecule has 3 rings (SSSR count). The summed E-state index contributed by atoms with van der Waals surface area (Å²) in [6, 6.07) is 21.2. The Morgan fingerprint density at radius 3 is 2.21 bits per heavy atom. The van der Waals surface area contributed by atoms with Crippen molar-refractivity contribution in [3.8, 4) is 11.5 Å². The molecule has 3 heteroatoms. The molecule has 0 saturated heterocycles. The lowest BCUT2D eigenvalue weighted by Crippen LogP contribution is -2.05. The number of ether oxygens (including phenoxy) is 1. The number of pyridine rings is 1. The summed E-state index contributed by atoms with van der Waals surface area (Å²) in [4.78, 5) is 4.52. The van der Waals surface area contributed by atoms with E-state index in [4.69, 9.17) is 4.74 Å². The Hall–Kier alpha value is -3.07. The second-order valence-electron chi connectivity index (χ2n) is 5.45. The first kappa shape index (κ1) is 15.8. The van der Waals surface area contributed by atoms with Crippen LogP contribution in [0.2, 0.25) is 0 Å². The lowest BCUT2D eigenvalue weighted by molar-refractivity contribution is 0.363. The van der Waals surface area contributed by atoms with Gasteiger partial charge < -0.3 is 9.84 Å². The standard InChI is InChI=1S/C21H19NO2/c1-2-15-24-19-12-8-17(9-13-19)21(20-5-3-4-14-22-20)16-6-10-18(23)11-7-16/h2-14,21,23H,1,15H2. The number of phenolic OH excluding ortho intramolecular Hbond substituents is 1. The number of hydrogen-bond donors (Lipinski definition) is 1. The van der Waals surface area contributed by atoms with Crippen molar-refractivity contribution in [1.29, 1.82) is 0 Å². The van der Waals surface area contributed by atoms with Gasteiger partial charge in [-0.3, -0.25) is 4.98 Å². The van der Waals surface area contributed by atoms with Gasteiger partial charge in [-0.25, -0.2) is 0 Å². The Morgan fingerprint density at radius 2 is 1.62 bits per heavy atom. The van der Waals surface area contributed by atoms with Crippen molar-refractivity contribution in [2.24, 2.45) is 0 Å². The van der Waals surface area contributed by atoms with Gasteiger partial charge in [0.05, 0.1) is 11.6 Å². The first-order chi connectivity index (χ1) is 11.8. The smallest absolute Gasteiger partial charge is 0.119 e. The van der Waals surface area contributed by atoms with Gasteiger partial charge in [0.2, 0.25) is 0 Å². The van der Waals surface area contributed by atoms with E-state index < -0.39 is 0 Å². The average molecular weight is 317 g/mol. The van der Waals surface area contributed by atoms with Crippen LogP contribution < -0.4 is 4.74 Å². The Balaban J connectivity index is 1.98. The molecule has 0 saturated carbocycles. The van der Waals surface area contributed by atoms with E-state index in [0.29, 0.717) is 6.61 Å². The van der Waals surface area contributed by atoms with Gasteiger partial charge in [0.1, 0.15) is 18.1 Å². The van der Waals surface area contributed by atoms with Gasteiger partial charge in [0.25, 0.3) is 0 Å². The lowest BCUT2D eigenvalue weighted by Gasteiger charge is -2.18. The van der Waals surface area contributed by atoms with Gasteiger partial charge in [-0.05, 0) is 47.5 Å². The number of aromatic nitrogens is 1. The van der Waals surface area contributed by atoms with Gasteiger partial charge in [-0.15, -0.1) is 0 Å². The van der Waals surface area contributed by atoms with E-state index in [9.17, 15) is 5.11 Å². The summed E-state index contributed by atoms with van der Waals surface area (Å²) in [5.41, 5.74) is 3.15. The van der Waals surface area contributed by atoms with Crippen LogP contribution in [0.25, 0.3) is 0 Å². The van der Waals surface area contributed by atoms with Gasteiger partial charge >= 0.3 is 0 Å². The highest BCUT2D eigenvalue weighted by molar-refractivity contribution is 5.43. The number of nitrogens with zero attached hydrogens (tertiary/aromatic N) is 1. The molecule has 24 heavy (non-hydrogen) atoms. The molecule has 1 heterocycles. The van der Waals surface area contributed by atoms with Crippen molar-refractivity contribution >= 4 is 0 Å². The predicted octanol–water partition coefficient (Wildman–Crippen LogP) is 4.53. The van der Waals surface area contributed by atoms with Crippen molar-refractivity contribution in [2.75, 3.05) is 6.61 Å². The highest BCUT2D eigenvalue weighted by atomic mass is 16.5. The molecule has 3 nitrogen and oxygen atoms in total. The molecule has 1 atom stereocenters. The summed E-state index contributed by atoms with van der Waals surface area (Å²) in [5, 5.41) is 9.56. The van der Waals surface area contributed by atoms with Crippen LogP contribution in [-0.4, -0.2) is 16.7 Å². The molecule has 0 amide bonds. The van der Waals surface area contributed by atoms with Crippen molar-refractivity contribution in [3.05, 3.63) is 102 Å². The van der Waals surface area contributed by atoms with Crippen LogP contribution in [0.1, 0.15) is 22.7 Å².